The summed E-state index contributed by atoms with van der Waals surface area (Å²) in [7, 11) is 0. The normalized spacial score (nSPS) is 14.3. The molecule has 0 aliphatic heterocycles. The molecular weight excluding hydrogens is 378 g/mol. The topological polar surface area (TPSA) is 54.9 Å². The van der Waals surface area contributed by atoms with Gasteiger partial charge in [0.25, 0.3) is 0 Å². The minimum atomic E-state index is -0.731. The van der Waals surface area contributed by atoms with Crippen LogP contribution in [0.4, 0.5) is 0 Å². The fraction of sp³-hybridized carbons (Fsp3) is 0.208. The Hall–Kier alpha value is -3.05. The molecule has 146 valence electrons. The molecule has 0 saturated heterocycles. The zero-order chi connectivity index (χ0) is 20.3. The van der Waals surface area contributed by atoms with E-state index < -0.39 is 5.41 Å². The van der Waals surface area contributed by atoms with Gasteiger partial charge in [0.2, 0.25) is 5.91 Å². The Kier molecular flexibility index (Phi) is 5.41. The summed E-state index contributed by atoms with van der Waals surface area (Å²) >= 11 is 1.65. The quantitative estimate of drug-likeness (QED) is 0.491. The fourth-order valence-corrected chi connectivity index (χ4v) is 4.61. The molecule has 4 nitrogen and oxygen atoms in total. The van der Waals surface area contributed by atoms with Crippen LogP contribution >= 0.6 is 11.3 Å². The highest BCUT2D eigenvalue weighted by Crippen LogP contribution is 2.33. The summed E-state index contributed by atoms with van der Waals surface area (Å²) < 4.78 is 1.14. The van der Waals surface area contributed by atoms with E-state index in [0.717, 1.165) is 26.4 Å². The Labute approximate surface area is 174 Å². The maximum Gasteiger partial charge on any atom is 0.231 e. The van der Waals surface area contributed by atoms with Gasteiger partial charge < -0.3 is 5.32 Å². The van der Waals surface area contributed by atoms with Gasteiger partial charge >= 0.3 is 0 Å². The predicted molar refractivity (Wildman–Crippen MR) is 118 cm³/mol. The second-order valence-electron chi connectivity index (χ2n) is 7.43. The second-order valence-corrected chi connectivity index (χ2v) is 8.55. The Morgan fingerprint density at radius 2 is 1.83 bits per heavy atom. The van der Waals surface area contributed by atoms with Crippen LogP contribution in [-0.4, -0.2) is 15.9 Å². The van der Waals surface area contributed by atoms with E-state index in [2.05, 4.69) is 16.4 Å². The van der Waals surface area contributed by atoms with Crippen molar-refractivity contribution in [3.8, 4) is 0 Å². The number of carbonyl (C=O) groups excluding carboxylic acids is 1. The van der Waals surface area contributed by atoms with Crippen molar-refractivity contribution in [2.45, 2.75) is 31.7 Å². The number of hydrogen-bond donors (Lipinski definition) is 1. The maximum atomic E-state index is 13.5. The molecule has 5 heteroatoms. The predicted octanol–water partition coefficient (Wildman–Crippen LogP) is 5.07. The third-order valence-electron chi connectivity index (χ3n) is 5.29. The number of nitrogens with one attached hydrogen (secondary N) is 1. The molecule has 0 aliphatic rings. The zero-order valence-corrected chi connectivity index (χ0v) is 17.3. The molecule has 0 radical (unpaired) electrons. The molecule has 29 heavy (non-hydrogen) atoms. The van der Waals surface area contributed by atoms with Crippen molar-refractivity contribution in [1.82, 2.24) is 15.3 Å². The monoisotopic (exact) mass is 401 g/mol. The van der Waals surface area contributed by atoms with Gasteiger partial charge in [-0.2, -0.15) is 0 Å². The Morgan fingerprint density at radius 3 is 2.55 bits per heavy atom. The van der Waals surface area contributed by atoms with Gasteiger partial charge in [-0.3, -0.25) is 9.78 Å². The van der Waals surface area contributed by atoms with E-state index in [-0.39, 0.29) is 11.9 Å². The summed E-state index contributed by atoms with van der Waals surface area (Å²) in [6, 6.07) is 21.8. The molecule has 2 atom stereocenters. The van der Waals surface area contributed by atoms with E-state index in [1.54, 1.807) is 23.7 Å². The molecule has 2 aromatic carbocycles. The summed E-state index contributed by atoms with van der Waals surface area (Å²) in [6.07, 6.45) is 4.07. The van der Waals surface area contributed by atoms with Crippen molar-refractivity contribution < 1.29 is 4.79 Å². The Morgan fingerprint density at radius 1 is 1.07 bits per heavy atom. The van der Waals surface area contributed by atoms with E-state index in [1.165, 1.54) is 0 Å². The molecule has 1 N–H and O–H groups in total. The minimum Gasteiger partial charge on any atom is -0.349 e. The van der Waals surface area contributed by atoms with Crippen LogP contribution in [0.1, 0.15) is 36.0 Å². The second kappa shape index (κ2) is 8.13. The lowest BCUT2D eigenvalue weighted by atomic mass is 9.78. The van der Waals surface area contributed by atoms with Crippen molar-refractivity contribution in [2.75, 3.05) is 0 Å². The van der Waals surface area contributed by atoms with Gasteiger partial charge in [-0.05, 0) is 43.2 Å². The average molecular weight is 402 g/mol. The molecule has 4 aromatic rings. The number of pyridine rings is 1. The number of hydrogen-bond acceptors (Lipinski definition) is 4. The van der Waals surface area contributed by atoms with Crippen LogP contribution in [-0.2, 0) is 16.6 Å². The smallest absolute Gasteiger partial charge is 0.231 e. The number of benzene rings is 2. The molecular formula is C24H23N3OS. The van der Waals surface area contributed by atoms with Crippen molar-refractivity contribution in [3.05, 3.63) is 95.3 Å². The first-order valence-electron chi connectivity index (χ1n) is 9.67. The largest absolute Gasteiger partial charge is 0.349 e. The summed E-state index contributed by atoms with van der Waals surface area (Å²) in [4.78, 5) is 22.5. The van der Waals surface area contributed by atoms with Gasteiger partial charge in [0.1, 0.15) is 0 Å². The third-order valence-corrected chi connectivity index (χ3v) is 6.32. The van der Waals surface area contributed by atoms with Crippen LogP contribution in [0.15, 0.2) is 79.1 Å². The zero-order valence-electron chi connectivity index (χ0n) is 16.5. The van der Waals surface area contributed by atoms with E-state index in [1.807, 2.05) is 74.5 Å². The van der Waals surface area contributed by atoms with Crippen LogP contribution in [0.2, 0.25) is 0 Å². The molecule has 2 unspecified atom stereocenters. The summed E-state index contributed by atoms with van der Waals surface area (Å²) in [6.45, 7) is 3.98. The fourth-order valence-electron chi connectivity index (χ4n) is 3.49. The van der Waals surface area contributed by atoms with E-state index >= 15 is 0 Å². The number of aromatic nitrogens is 2. The molecule has 0 aliphatic carbocycles. The highest BCUT2D eigenvalue weighted by atomic mass is 32.1. The van der Waals surface area contributed by atoms with Crippen molar-refractivity contribution in [2.24, 2.45) is 0 Å². The number of carbonyl (C=O) groups is 1. The molecule has 1 amide bonds. The highest BCUT2D eigenvalue weighted by molar-refractivity contribution is 7.18. The number of para-hydroxylation sites is 1. The van der Waals surface area contributed by atoms with Crippen LogP contribution in [0, 0.1) is 0 Å². The Bertz CT molecular complexity index is 1080. The molecule has 2 heterocycles. The van der Waals surface area contributed by atoms with Crippen LogP contribution in [0.25, 0.3) is 10.2 Å². The van der Waals surface area contributed by atoms with Gasteiger partial charge in [0, 0.05) is 18.8 Å². The number of fused-ring (bicyclic) bond motifs is 1. The van der Waals surface area contributed by atoms with Crippen LogP contribution < -0.4 is 5.32 Å². The SMILES string of the molecule is CC(NC(=O)C(C)(Cc1nc2ccccc2s1)c1ccccc1)c1cccnc1. The molecule has 4 rings (SSSR count). The van der Waals surface area contributed by atoms with E-state index in [9.17, 15) is 4.79 Å². The van der Waals surface area contributed by atoms with Crippen molar-refractivity contribution in [1.29, 1.82) is 0 Å². The Balaban J connectivity index is 1.66. The maximum absolute atomic E-state index is 13.5. The molecule has 0 spiro atoms. The molecule has 0 bridgehead atoms. The summed E-state index contributed by atoms with van der Waals surface area (Å²) in [5, 5.41) is 4.15. The summed E-state index contributed by atoms with van der Waals surface area (Å²) in [5.74, 6) is -0.0145. The van der Waals surface area contributed by atoms with Gasteiger partial charge in [-0.15, -0.1) is 11.3 Å². The summed E-state index contributed by atoms with van der Waals surface area (Å²) in [5.41, 5.74) is 2.21. The molecule has 2 aromatic heterocycles. The number of thiazole rings is 1. The van der Waals surface area contributed by atoms with Crippen molar-refractivity contribution >= 4 is 27.5 Å². The van der Waals surface area contributed by atoms with E-state index in [0.29, 0.717) is 6.42 Å². The first kappa shape index (κ1) is 19.3. The van der Waals surface area contributed by atoms with Gasteiger partial charge in [-0.1, -0.05) is 48.5 Å². The van der Waals surface area contributed by atoms with E-state index in [4.69, 9.17) is 4.98 Å². The minimum absolute atomic E-state index is 0.0145. The molecule has 0 saturated carbocycles. The lowest BCUT2D eigenvalue weighted by molar-refractivity contribution is -0.126. The third kappa shape index (κ3) is 4.05. The first-order chi connectivity index (χ1) is 14.1. The van der Waals surface area contributed by atoms with Crippen molar-refractivity contribution in [3.63, 3.8) is 0 Å². The van der Waals surface area contributed by atoms with Gasteiger partial charge in [-0.25, -0.2) is 4.98 Å². The van der Waals surface area contributed by atoms with Gasteiger partial charge in [0.15, 0.2) is 0 Å². The van der Waals surface area contributed by atoms with Crippen LogP contribution in [0.5, 0.6) is 0 Å². The number of rotatable bonds is 6. The van der Waals surface area contributed by atoms with Crippen LogP contribution in [0.3, 0.4) is 0 Å². The lowest BCUT2D eigenvalue weighted by Crippen LogP contribution is -2.44. The highest BCUT2D eigenvalue weighted by Gasteiger charge is 2.37. The average Bonchev–Trinajstić information content (AvgIpc) is 3.17. The number of amides is 1. The van der Waals surface area contributed by atoms with Gasteiger partial charge in [0.05, 0.1) is 26.7 Å². The standard InChI is InChI=1S/C24H23N3OS/c1-17(18-9-8-14-25-16-18)26-23(28)24(2,19-10-4-3-5-11-19)15-22-27-20-12-6-7-13-21(20)29-22/h3-14,16-17H,15H2,1-2H3,(H,26,28). The first-order valence-corrected chi connectivity index (χ1v) is 10.5. The lowest BCUT2D eigenvalue weighted by Gasteiger charge is -2.30. The molecule has 0 fully saturated rings. The number of nitrogens with zero attached hydrogens (tertiary/aromatic N) is 2.